The summed E-state index contributed by atoms with van der Waals surface area (Å²) in [5, 5.41) is 10.5. The lowest BCUT2D eigenvalue weighted by Crippen LogP contribution is -2.39. The molecule has 0 radical (unpaired) electrons. The largest absolute Gasteiger partial charge is 0.311 e. The summed E-state index contributed by atoms with van der Waals surface area (Å²) in [6.07, 6.45) is 9.44. The number of aromatic nitrogens is 2. The van der Waals surface area contributed by atoms with Gasteiger partial charge in [0, 0.05) is 18.3 Å². The fraction of sp³-hybridized carbons (Fsp3) is 0.700. The third kappa shape index (κ3) is 1.27. The van der Waals surface area contributed by atoms with E-state index in [1.165, 1.54) is 31.2 Å². The maximum atomic E-state index is 4.00. The molecule has 1 aliphatic heterocycles. The van der Waals surface area contributed by atoms with E-state index < -0.39 is 0 Å². The molecule has 70 valence electrons. The zero-order chi connectivity index (χ0) is 8.73. The fourth-order valence-electron chi connectivity index (χ4n) is 2.33. The van der Waals surface area contributed by atoms with Gasteiger partial charge in [-0.25, -0.2) is 0 Å². The van der Waals surface area contributed by atoms with Gasteiger partial charge in [0.1, 0.15) is 0 Å². The van der Waals surface area contributed by atoms with E-state index in [-0.39, 0.29) is 0 Å². The predicted molar refractivity (Wildman–Crippen MR) is 50.5 cm³/mol. The SMILES string of the molecule is c1n[nH]cc1C1CCC2(CC2)NC1. The topological polar surface area (TPSA) is 40.7 Å². The number of nitrogens with one attached hydrogen (secondary N) is 2. The van der Waals surface area contributed by atoms with Crippen molar-refractivity contribution in [1.82, 2.24) is 15.5 Å². The molecule has 3 heteroatoms. The predicted octanol–water partition coefficient (Wildman–Crippen LogP) is 1.41. The molecule has 1 saturated heterocycles. The van der Waals surface area contributed by atoms with Gasteiger partial charge in [-0.2, -0.15) is 5.10 Å². The molecule has 2 heterocycles. The van der Waals surface area contributed by atoms with E-state index in [1.54, 1.807) is 0 Å². The average molecular weight is 177 g/mol. The van der Waals surface area contributed by atoms with Crippen LogP contribution in [0.4, 0.5) is 0 Å². The van der Waals surface area contributed by atoms with Crippen molar-refractivity contribution in [2.24, 2.45) is 0 Å². The van der Waals surface area contributed by atoms with Gasteiger partial charge in [0.25, 0.3) is 0 Å². The summed E-state index contributed by atoms with van der Waals surface area (Å²) in [6.45, 7) is 1.14. The van der Waals surface area contributed by atoms with Crippen LogP contribution in [0, 0.1) is 0 Å². The molecular formula is C10H15N3. The summed E-state index contributed by atoms with van der Waals surface area (Å²) in [5.74, 6) is 0.685. The van der Waals surface area contributed by atoms with Gasteiger partial charge in [-0.3, -0.25) is 5.10 Å². The maximum Gasteiger partial charge on any atom is 0.0522 e. The van der Waals surface area contributed by atoms with E-state index in [9.17, 15) is 0 Å². The van der Waals surface area contributed by atoms with E-state index in [0.717, 1.165) is 6.54 Å². The Kier molecular flexibility index (Phi) is 1.50. The van der Waals surface area contributed by atoms with Crippen LogP contribution in [0.25, 0.3) is 0 Å². The number of rotatable bonds is 1. The molecule has 1 aromatic rings. The maximum absolute atomic E-state index is 4.00. The molecule has 3 rings (SSSR count). The molecule has 0 amide bonds. The Balaban J connectivity index is 1.69. The van der Waals surface area contributed by atoms with Crippen molar-refractivity contribution in [3.8, 4) is 0 Å². The second-order valence-corrected chi connectivity index (χ2v) is 4.43. The molecule has 0 bridgehead atoms. The molecule has 1 unspecified atom stereocenters. The molecule has 2 aliphatic rings. The monoisotopic (exact) mass is 177 g/mol. The molecule has 3 nitrogen and oxygen atoms in total. The van der Waals surface area contributed by atoms with Gasteiger partial charge in [0.05, 0.1) is 6.20 Å². The molecule has 2 fully saturated rings. The highest BCUT2D eigenvalue weighted by Gasteiger charge is 2.44. The van der Waals surface area contributed by atoms with Gasteiger partial charge in [0.2, 0.25) is 0 Å². The van der Waals surface area contributed by atoms with E-state index in [4.69, 9.17) is 0 Å². The molecule has 0 aromatic carbocycles. The van der Waals surface area contributed by atoms with Crippen LogP contribution < -0.4 is 5.32 Å². The van der Waals surface area contributed by atoms with Crippen LogP contribution in [0.5, 0.6) is 0 Å². The summed E-state index contributed by atoms with van der Waals surface area (Å²) in [6, 6.07) is 0. The van der Waals surface area contributed by atoms with Crippen molar-refractivity contribution in [1.29, 1.82) is 0 Å². The quantitative estimate of drug-likeness (QED) is 0.681. The first-order valence-corrected chi connectivity index (χ1v) is 5.12. The summed E-state index contributed by atoms with van der Waals surface area (Å²) >= 11 is 0. The van der Waals surface area contributed by atoms with Crippen molar-refractivity contribution in [2.75, 3.05) is 6.54 Å². The van der Waals surface area contributed by atoms with Gasteiger partial charge in [-0.15, -0.1) is 0 Å². The van der Waals surface area contributed by atoms with Crippen LogP contribution in [0.3, 0.4) is 0 Å². The molecular weight excluding hydrogens is 162 g/mol. The van der Waals surface area contributed by atoms with Crippen molar-refractivity contribution >= 4 is 0 Å². The Hall–Kier alpha value is -0.830. The molecule has 1 aromatic heterocycles. The summed E-state index contributed by atoms with van der Waals surface area (Å²) < 4.78 is 0. The van der Waals surface area contributed by atoms with Gasteiger partial charge >= 0.3 is 0 Å². The van der Waals surface area contributed by atoms with Crippen molar-refractivity contribution < 1.29 is 0 Å². The highest BCUT2D eigenvalue weighted by Crippen LogP contribution is 2.44. The van der Waals surface area contributed by atoms with Gasteiger partial charge in [-0.1, -0.05) is 0 Å². The number of piperidine rings is 1. The van der Waals surface area contributed by atoms with Gasteiger partial charge in [0.15, 0.2) is 0 Å². The smallest absolute Gasteiger partial charge is 0.0522 e. The Morgan fingerprint density at radius 3 is 2.85 bits per heavy atom. The van der Waals surface area contributed by atoms with Gasteiger partial charge in [-0.05, 0) is 37.2 Å². The third-order valence-electron chi connectivity index (χ3n) is 3.54. The fourth-order valence-corrected chi connectivity index (χ4v) is 2.33. The summed E-state index contributed by atoms with van der Waals surface area (Å²) in [7, 11) is 0. The Morgan fingerprint density at radius 1 is 1.38 bits per heavy atom. The van der Waals surface area contributed by atoms with E-state index >= 15 is 0 Å². The minimum absolute atomic E-state index is 0.570. The van der Waals surface area contributed by atoms with Crippen molar-refractivity contribution in [2.45, 2.75) is 37.1 Å². The molecule has 1 spiro atoms. The zero-order valence-corrected chi connectivity index (χ0v) is 7.71. The third-order valence-corrected chi connectivity index (χ3v) is 3.54. The van der Waals surface area contributed by atoms with Crippen LogP contribution >= 0.6 is 0 Å². The van der Waals surface area contributed by atoms with Crippen molar-refractivity contribution in [3.05, 3.63) is 18.0 Å². The number of nitrogens with zero attached hydrogens (tertiary/aromatic N) is 1. The van der Waals surface area contributed by atoms with Crippen LogP contribution in [0.15, 0.2) is 12.4 Å². The highest BCUT2D eigenvalue weighted by molar-refractivity contribution is 5.16. The summed E-state index contributed by atoms with van der Waals surface area (Å²) in [5.41, 5.74) is 1.93. The van der Waals surface area contributed by atoms with Crippen LogP contribution in [0.2, 0.25) is 0 Å². The Morgan fingerprint density at radius 2 is 2.31 bits per heavy atom. The highest BCUT2D eigenvalue weighted by atomic mass is 15.1. The van der Waals surface area contributed by atoms with Gasteiger partial charge < -0.3 is 5.32 Å². The standard InChI is InChI=1S/C10H15N3/c1-2-10(3-4-10)11-5-8(1)9-6-12-13-7-9/h6-8,11H,1-5H2,(H,12,13). The summed E-state index contributed by atoms with van der Waals surface area (Å²) in [4.78, 5) is 0. The lowest BCUT2D eigenvalue weighted by molar-refractivity contribution is 0.350. The van der Waals surface area contributed by atoms with E-state index in [0.29, 0.717) is 11.5 Å². The normalized spacial score (nSPS) is 30.6. The molecule has 1 saturated carbocycles. The number of H-pyrrole nitrogens is 1. The lowest BCUT2D eigenvalue weighted by atomic mass is 9.89. The number of aromatic amines is 1. The molecule has 1 atom stereocenters. The number of hydrogen-bond acceptors (Lipinski definition) is 2. The second-order valence-electron chi connectivity index (χ2n) is 4.43. The first-order chi connectivity index (χ1) is 6.38. The average Bonchev–Trinajstić information content (AvgIpc) is 2.71. The van der Waals surface area contributed by atoms with Crippen molar-refractivity contribution in [3.63, 3.8) is 0 Å². The van der Waals surface area contributed by atoms with Crippen LogP contribution in [0.1, 0.15) is 37.2 Å². The molecule has 13 heavy (non-hydrogen) atoms. The Bertz CT molecular complexity index is 277. The van der Waals surface area contributed by atoms with E-state index in [2.05, 4.69) is 15.5 Å². The Labute approximate surface area is 77.9 Å². The number of hydrogen-bond donors (Lipinski definition) is 2. The zero-order valence-electron chi connectivity index (χ0n) is 7.71. The van der Waals surface area contributed by atoms with Crippen LogP contribution in [-0.2, 0) is 0 Å². The van der Waals surface area contributed by atoms with E-state index in [1.807, 2.05) is 12.4 Å². The minimum atomic E-state index is 0.570. The molecule has 1 aliphatic carbocycles. The lowest BCUT2D eigenvalue weighted by Gasteiger charge is -2.29. The minimum Gasteiger partial charge on any atom is -0.311 e. The van der Waals surface area contributed by atoms with Crippen LogP contribution in [-0.4, -0.2) is 22.3 Å². The first kappa shape index (κ1) is 7.56. The first-order valence-electron chi connectivity index (χ1n) is 5.12. The molecule has 2 N–H and O–H groups in total. The second kappa shape index (κ2) is 2.58.